The number of ether oxygens (including phenoxy) is 1. The van der Waals surface area contributed by atoms with Gasteiger partial charge in [-0.05, 0) is 48.0 Å². The van der Waals surface area contributed by atoms with E-state index in [1.54, 1.807) is 18.2 Å². The van der Waals surface area contributed by atoms with Gasteiger partial charge >= 0.3 is 0 Å². The molecule has 1 rings (SSSR count). The van der Waals surface area contributed by atoms with Crippen molar-refractivity contribution in [1.82, 2.24) is 0 Å². The van der Waals surface area contributed by atoms with Crippen LogP contribution in [0.5, 0.6) is 0 Å². The van der Waals surface area contributed by atoms with Gasteiger partial charge in [0.2, 0.25) is 5.91 Å². The summed E-state index contributed by atoms with van der Waals surface area (Å²) < 4.78 is 5.86. The van der Waals surface area contributed by atoms with E-state index in [0.29, 0.717) is 15.7 Å². The van der Waals surface area contributed by atoms with E-state index in [1.165, 1.54) is 0 Å². The first kappa shape index (κ1) is 13.7. The maximum Gasteiger partial charge on any atom is 0.250 e. The van der Waals surface area contributed by atoms with E-state index in [0.717, 1.165) is 0 Å². The zero-order valence-corrected chi connectivity index (χ0v) is 11.2. The third-order valence-corrected chi connectivity index (χ3v) is 2.58. The molecule has 5 heteroatoms. The molecule has 1 N–H and O–H groups in total. The van der Waals surface area contributed by atoms with Crippen molar-refractivity contribution in [3.05, 3.63) is 28.2 Å². The second kappa shape index (κ2) is 6.38. The fourth-order valence-electron chi connectivity index (χ4n) is 1.11. The molecule has 0 spiro atoms. The zero-order valence-electron chi connectivity index (χ0n) is 9.66. The summed E-state index contributed by atoms with van der Waals surface area (Å²) in [5.74, 6) is -0.218. The summed E-state index contributed by atoms with van der Waals surface area (Å²) in [4.78, 5) is 11.5. The standard InChI is InChI=1S/C12H13BrN2O2/c1-8(2)17-7-12(16)15-11-4-3-9(6-14)5-10(11)13/h3-5,8H,7H2,1-2H3,(H,15,16). The number of carbonyl (C=O) groups is 1. The van der Waals surface area contributed by atoms with Gasteiger partial charge in [0.1, 0.15) is 6.61 Å². The number of anilines is 1. The number of carbonyl (C=O) groups excluding carboxylic acids is 1. The SMILES string of the molecule is CC(C)OCC(=O)Nc1ccc(C#N)cc1Br. The molecule has 1 aromatic rings. The number of nitrogens with one attached hydrogen (secondary N) is 1. The van der Waals surface area contributed by atoms with Crippen molar-refractivity contribution in [3.63, 3.8) is 0 Å². The van der Waals surface area contributed by atoms with Gasteiger partial charge in [-0.2, -0.15) is 5.26 Å². The van der Waals surface area contributed by atoms with Crippen molar-refractivity contribution >= 4 is 27.5 Å². The lowest BCUT2D eigenvalue weighted by Gasteiger charge is -2.09. The van der Waals surface area contributed by atoms with Crippen molar-refractivity contribution in [2.45, 2.75) is 20.0 Å². The van der Waals surface area contributed by atoms with Gasteiger partial charge in [0.15, 0.2) is 0 Å². The number of hydrogen-bond acceptors (Lipinski definition) is 3. The molecule has 90 valence electrons. The number of amides is 1. The molecular weight excluding hydrogens is 284 g/mol. The molecular formula is C12H13BrN2O2. The van der Waals surface area contributed by atoms with Crippen molar-refractivity contribution in [3.8, 4) is 6.07 Å². The predicted molar refractivity (Wildman–Crippen MR) is 68.6 cm³/mol. The van der Waals surface area contributed by atoms with Gasteiger partial charge in [0, 0.05) is 4.47 Å². The Hall–Kier alpha value is -1.38. The average molecular weight is 297 g/mol. The number of nitriles is 1. The van der Waals surface area contributed by atoms with Crippen LogP contribution in [0, 0.1) is 11.3 Å². The second-order valence-corrected chi connectivity index (χ2v) is 4.57. The maximum absolute atomic E-state index is 11.5. The minimum atomic E-state index is -0.218. The molecule has 0 saturated carbocycles. The van der Waals surface area contributed by atoms with E-state index >= 15 is 0 Å². The first-order chi connectivity index (χ1) is 8.02. The van der Waals surface area contributed by atoms with E-state index in [-0.39, 0.29) is 18.6 Å². The van der Waals surface area contributed by atoms with Gasteiger partial charge < -0.3 is 10.1 Å². The third-order valence-electron chi connectivity index (χ3n) is 1.92. The Kier molecular flexibility index (Phi) is 5.13. The van der Waals surface area contributed by atoms with Crippen molar-refractivity contribution in [2.24, 2.45) is 0 Å². The topological polar surface area (TPSA) is 62.1 Å². The molecule has 0 radical (unpaired) electrons. The number of benzene rings is 1. The quantitative estimate of drug-likeness (QED) is 0.929. The van der Waals surface area contributed by atoms with Crippen LogP contribution in [0.3, 0.4) is 0 Å². The summed E-state index contributed by atoms with van der Waals surface area (Å²) in [6.07, 6.45) is 0.0187. The summed E-state index contributed by atoms with van der Waals surface area (Å²) in [7, 11) is 0. The van der Waals surface area contributed by atoms with Crippen LogP contribution in [0.15, 0.2) is 22.7 Å². The van der Waals surface area contributed by atoms with E-state index in [2.05, 4.69) is 21.2 Å². The molecule has 4 nitrogen and oxygen atoms in total. The fourth-order valence-corrected chi connectivity index (χ4v) is 1.59. The van der Waals surface area contributed by atoms with Crippen LogP contribution in [-0.4, -0.2) is 18.6 Å². The van der Waals surface area contributed by atoms with Crippen LogP contribution < -0.4 is 5.32 Å². The highest BCUT2D eigenvalue weighted by atomic mass is 79.9. The van der Waals surface area contributed by atoms with Crippen molar-refractivity contribution in [1.29, 1.82) is 5.26 Å². The van der Waals surface area contributed by atoms with Crippen LogP contribution in [-0.2, 0) is 9.53 Å². The van der Waals surface area contributed by atoms with Gasteiger partial charge in [-0.15, -0.1) is 0 Å². The van der Waals surface area contributed by atoms with Gasteiger partial charge in [-0.1, -0.05) is 0 Å². The van der Waals surface area contributed by atoms with E-state index in [4.69, 9.17) is 10.00 Å². The zero-order chi connectivity index (χ0) is 12.8. The monoisotopic (exact) mass is 296 g/mol. The first-order valence-electron chi connectivity index (χ1n) is 5.14. The summed E-state index contributed by atoms with van der Waals surface area (Å²) in [5.41, 5.74) is 1.16. The Morgan fingerprint density at radius 2 is 2.29 bits per heavy atom. The Morgan fingerprint density at radius 1 is 1.59 bits per heavy atom. The number of hydrogen-bond donors (Lipinski definition) is 1. The maximum atomic E-state index is 11.5. The molecule has 0 aliphatic heterocycles. The van der Waals surface area contributed by atoms with Gasteiger partial charge in [0.25, 0.3) is 0 Å². The molecule has 0 unspecified atom stereocenters. The predicted octanol–water partition coefficient (Wildman–Crippen LogP) is 2.68. The highest BCUT2D eigenvalue weighted by Gasteiger charge is 2.07. The molecule has 0 atom stereocenters. The van der Waals surface area contributed by atoms with E-state index in [1.807, 2.05) is 19.9 Å². The second-order valence-electron chi connectivity index (χ2n) is 3.71. The number of rotatable bonds is 4. The Balaban J connectivity index is 2.63. The highest BCUT2D eigenvalue weighted by Crippen LogP contribution is 2.23. The lowest BCUT2D eigenvalue weighted by atomic mass is 10.2. The number of nitrogens with zero attached hydrogens (tertiary/aromatic N) is 1. The average Bonchev–Trinajstić information content (AvgIpc) is 2.29. The highest BCUT2D eigenvalue weighted by molar-refractivity contribution is 9.10. The van der Waals surface area contributed by atoms with Crippen LogP contribution in [0.25, 0.3) is 0 Å². The summed E-state index contributed by atoms with van der Waals surface area (Å²) in [6.45, 7) is 3.75. The number of halogens is 1. The van der Waals surface area contributed by atoms with Crippen LogP contribution in [0.4, 0.5) is 5.69 Å². The molecule has 0 heterocycles. The van der Waals surface area contributed by atoms with Crippen LogP contribution in [0.2, 0.25) is 0 Å². The van der Waals surface area contributed by atoms with Gasteiger partial charge in [-0.25, -0.2) is 0 Å². The van der Waals surface area contributed by atoms with E-state index in [9.17, 15) is 4.79 Å². The minimum absolute atomic E-state index is 0.0180. The van der Waals surface area contributed by atoms with E-state index < -0.39 is 0 Å². The van der Waals surface area contributed by atoms with Gasteiger partial charge in [0.05, 0.1) is 23.4 Å². The van der Waals surface area contributed by atoms with Crippen molar-refractivity contribution < 1.29 is 9.53 Å². The minimum Gasteiger partial charge on any atom is -0.369 e. The molecule has 0 aromatic heterocycles. The smallest absolute Gasteiger partial charge is 0.250 e. The lowest BCUT2D eigenvalue weighted by Crippen LogP contribution is -2.20. The summed E-state index contributed by atoms with van der Waals surface area (Å²) >= 11 is 3.29. The van der Waals surface area contributed by atoms with Gasteiger partial charge in [-0.3, -0.25) is 4.79 Å². The Morgan fingerprint density at radius 3 is 2.82 bits per heavy atom. The Bertz CT molecular complexity index is 452. The van der Waals surface area contributed by atoms with Crippen molar-refractivity contribution in [2.75, 3.05) is 11.9 Å². The lowest BCUT2D eigenvalue weighted by molar-refractivity contribution is -0.121. The largest absolute Gasteiger partial charge is 0.369 e. The molecule has 0 saturated heterocycles. The molecule has 17 heavy (non-hydrogen) atoms. The summed E-state index contributed by atoms with van der Waals surface area (Å²) in [5, 5.41) is 11.4. The molecule has 0 fully saturated rings. The van der Waals surface area contributed by atoms with Crippen LogP contribution >= 0.6 is 15.9 Å². The molecule has 1 aromatic carbocycles. The Labute approximate surface area is 109 Å². The van der Waals surface area contributed by atoms with Crippen LogP contribution in [0.1, 0.15) is 19.4 Å². The fraction of sp³-hybridized carbons (Fsp3) is 0.333. The molecule has 0 aliphatic rings. The third kappa shape index (κ3) is 4.55. The normalized spacial score (nSPS) is 10.1. The molecule has 1 amide bonds. The molecule has 0 aliphatic carbocycles. The molecule has 0 bridgehead atoms. The first-order valence-corrected chi connectivity index (χ1v) is 5.93. The summed E-state index contributed by atoms with van der Waals surface area (Å²) in [6, 6.07) is 6.99.